The van der Waals surface area contributed by atoms with E-state index < -0.39 is 12.0 Å². The molecule has 0 saturated carbocycles. The van der Waals surface area contributed by atoms with Crippen LogP contribution in [0.3, 0.4) is 0 Å². The minimum atomic E-state index is -0.808. The van der Waals surface area contributed by atoms with E-state index in [1.54, 1.807) is 18.9 Å². The van der Waals surface area contributed by atoms with E-state index in [-0.39, 0.29) is 6.10 Å². The van der Waals surface area contributed by atoms with Crippen LogP contribution in [0.25, 0.3) is 0 Å². The van der Waals surface area contributed by atoms with Crippen molar-refractivity contribution in [1.29, 1.82) is 0 Å². The zero-order valence-corrected chi connectivity index (χ0v) is 11.4. The number of likely N-dealkylation sites (N-methyl/N-ethyl adjacent to an activating group) is 1. The van der Waals surface area contributed by atoms with E-state index in [2.05, 4.69) is 0 Å². The number of hydrogen-bond acceptors (Lipinski definition) is 3. The topological polar surface area (TPSA) is 49.8 Å². The fourth-order valence-corrected chi connectivity index (χ4v) is 1.56. The normalized spacial score (nSPS) is 12.8. The van der Waals surface area contributed by atoms with E-state index in [4.69, 9.17) is 9.84 Å². The van der Waals surface area contributed by atoms with Crippen LogP contribution in [-0.4, -0.2) is 35.2 Å². The number of carboxylic acids is 1. The second-order valence-corrected chi connectivity index (χ2v) is 4.74. The van der Waals surface area contributed by atoms with Crippen LogP contribution in [0.1, 0.15) is 26.3 Å². The lowest BCUT2D eigenvalue weighted by Gasteiger charge is -2.21. The van der Waals surface area contributed by atoms with Crippen molar-refractivity contribution in [2.45, 2.75) is 39.5 Å². The molecular formula is C14H21NO3. The lowest BCUT2D eigenvalue weighted by molar-refractivity contribution is -0.142. The van der Waals surface area contributed by atoms with Crippen LogP contribution in [0, 0.1) is 0 Å². The van der Waals surface area contributed by atoms with E-state index >= 15 is 0 Å². The van der Waals surface area contributed by atoms with Gasteiger partial charge >= 0.3 is 5.97 Å². The van der Waals surface area contributed by atoms with Gasteiger partial charge in [-0.1, -0.05) is 12.1 Å². The number of carbonyl (C=O) groups is 1. The quantitative estimate of drug-likeness (QED) is 0.843. The minimum absolute atomic E-state index is 0.158. The number of carboxylic acid groups (broad SMARTS) is 1. The van der Waals surface area contributed by atoms with Gasteiger partial charge in [0.15, 0.2) is 0 Å². The maximum absolute atomic E-state index is 10.8. The molecule has 0 aliphatic carbocycles. The van der Waals surface area contributed by atoms with Crippen molar-refractivity contribution >= 4 is 5.97 Å². The highest BCUT2D eigenvalue weighted by Gasteiger charge is 2.16. The molecule has 1 N–H and O–H groups in total. The Kier molecular flexibility index (Phi) is 5.16. The molecule has 0 aliphatic heterocycles. The highest BCUT2D eigenvalue weighted by atomic mass is 16.5. The monoisotopic (exact) mass is 251 g/mol. The largest absolute Gasteiger partial charge is 0.491 e. The van der Waals surface area contributed by atoms with Crippen LogP contribution in [0.15, 0.2) is 24.3 Å². The summed E-state index contributed by atoms with van der Waals surface area (Å²) in [6.07, 6.45) is 0.158. The molecule has 0 saturated heterocycles. The molecular weight excluding hydrogens is 230 g/mol. The molecule has 0 heterocycles. The minimum Gasteiger partial charge on any atom is -0.491 e. The molecule has 0 amide bonds. The van der Waals surface area contributed by atoms with Crippen LogP contribution < -0.4 is 4.74 Å². The predicted molar refractivity (Wildman–Crippen MR) is 70.8 cm³/mol. The van der Waals surface area contributed by atoms with Gasteiger partial charge < -0.3 is 9.84 Å². The maximum Gasteiger partial charge on any atom is 0.320 e. The van der Waals surface area contributed by atoms with Crippen LogP contribution >= 0.6 is 0 Å². The summed E-state index contributed by atoms with van der Waals surface area (Å²) in [6.45, 7) is 6.25. The number of aliphatic carboxylic acids is 1. The Morgan fingerprint density at radius 2 is 1.83 bits per heavy atom. The molecule has 1 unspecified atom stereocenters. The second-order valence-electron chi connectivity index (χ2n) is 4.74. The number of nitrogens with zero attached hydrogens (tertiary/aromatic N) is 1. The zero-order chi connectivity index (χ0) is 13.7. The molecule has 0 fully saturated rings. The van der Waals surface area contributed by atoms with Crippen molar-refractivity contribution in [3.05, 3.63) is 29.8 Å². The first-order valence-electron chi connectivity index (χ1n) is 6.08. The summed E-state index contributed by atoms with van der Waals surface area (Å²) in [5.74, 6) is 0.0277. The third-order valence-electron chi connectivity index (χ3n) is 2.75. The summed E-state index contributed by atoms with van der Waals surface area (Å²) in [4.78, 5) is 12.6. The molecule has 1 atom stereocenters. The first-order chi connectivity index (χ1) is 8.40. The summed E-state index contributed by atoms with van der Waals surface area (Å²) >= 11 is 0. The molecule has 18 heavy (non-hydrogen) atoms. The van der Waals surface area contributed by atoms with Gasteiger partial charge in [0, 0.05) is 6.54 Å². The Morgan fingerprint density at radius 3 is 2.28 bits per heavy atom. The number of rotatable bonds is 6. The highest BCUT2D eigenvalue weighted by molar-refractivity contribution is 5.72. The van der Waals surface area contributed by atoms with Gasteiger partial charge in [0.2, 0.25) is 0 Å². The Hall–Kier alpha value is -1.55. The summed E-state index contributed by atoms with van der Waals surface area (Å²) in [5, 5.41) is 8.91. The Balaban J connectivity index is 2.60. The Labute approximate surface area is 108 Å². The molecule has 0 radical (unpaired) electrons. The van der Waals surface area contributed by atoms with Gasteiger partial charge in [-0.3, -0.25) is 9.69 Å². The Bertz CT molecular complexity index is 387. The van der Waals surface area contributed by atoms with Crippen molar-refractivity contribution in [2.24, 2.45) is 0 Å². The predicted octanol–water partition coefficient (Wildman–Crippen LogP) is 2.38. The van der Waals surface area contributed by atoms with Crippen LogP contribution in [0.5, 0.6) is 5.75 Å². The molecule has 1 rings (SSSR count). The molecule has 0 bridgehead atoms. The molecule has 4 nitrogen and oxygen atoms in total. The Morgan fingerprint density at radius 1 is 1.28 bits per heavy atom. The average molecular weight is 251 g/mol. The van der Waals surface area contributed by atoms with Gasteiger partial charge in [-0.15, -0.1) is 0 Å². The fourth-order valence-electron chi connectivity index (χ4n) is 1.56. The number of ether oxygens (including phenoxy) is 1. The lowest BCUT2D eigenvalue weighted by Crippen LogP contribution is -2.35. The van der Waals surface area contributed by atoms with E-state index in [0.29, 0.717) is 6.54 Å². The van der Waals surface area contributed by atoms with E-state index in [9.17, 15) is 4.79 Å². The van der Waals surface area contributed by atoms with Gasteiger partial charge in [0.05, 0.1) is 6.10 Å². The molecule has 0 aromatic heterocycles. The number of benzene rings is 1. The van der Waals surface area contributed by atoms with Gasteiger partial charge in [-0.2, -0.15) is 0 Å². The zero-order valence-electron chi connectivity index (χ0n) is 11.4. The lowest BCUT2D eigenvalue weighted by atomic mass is 10.2. The van der Waals surface area contributed by atoms with E-state index in [1.807, 2.05) is 38.1 Å². The molecule has 1 aromatic rings. The third kappa shape index (κ3) is 4.37. The van der Waals surface area contributed by atoms with Crippen molar-refractivity contribution in [3.63, 3.8) is 0 Å². The summed E-state index contributed by atoms with van der Waals surface area (Å²) in [5.41, 5.74) is 1.07. The van der Waals surface area contributed by atoms with Crippen molar-refractivity contribution in [2.75, 3.05) is 7.05 Å². The fraction of sp³-hybridized carbons (Fsp3) is 0.500. The smallest absolute Gasteiger partial charge is 0.320 e. The molecule has 0 spiro atoms. The molecule has 4 heteroatoms. The molecule has 1 aromatic carbocycles. The van der Waals surface area contributed by atoms with Gasteiger partial charge in [-0.25, -0.2) is 0 Å². The van der Waals surface area contributed by atoms with E-state index in [0.717, 1.165) is 11.3 Å². The third-order valence-corrected chi connectivity index (χ3v) is 2.75. The van der Waals surface area contributed by atoms with E-state index in [1.165, 1.54) is 0 Å². The van der Waals surface area contributed by atoms with Gasteiger partial charge in [0.25, 0.3) is 0 Å². The molecule has 0 aliphatic rings. The number of hydrogen-bond donors (Lipinski definition) is 1. The standard InChI is InChI=1S/C14H21NO3/c1-10(2)18-13-7-5-12(6-8-13)9-15(4)11(3)14(16)17/h5-8,10-11H,9H2,1-4H3,(H,16,17). The van der Waals surface area contributed by atoms with Crippen molar-refractivity contribution < 1.29 is 14.6 Å². The van der Waals surface area contributed by atoms with Crippen LogP contribution in [0.2, 0.25) is 0 Å². The first-order valence-corrected chi connectivity index (χ1v) is 6.08. The van der Waals surface area contributed by atoms with Gasteiger partial charge in [-0.05, 0) is 45.5 Å². The SMILES string of the molecule is CC(C)Oc1ccc(CN(C)C(C)C(=O)O)cc1. The van der Waals surface area contributed by atoms with Crippen LogP contribution in [0.4, 0.5) is 0 Å². The average Bonchev–Trinajstić information content (AvgIpc) is 2.29. The van der Waals surface area contributed by atoms with Crippen LogP contribution in [-0.2, 0) is 11.3 Å². The van der Waals surface area contributed by atoms with Crippen molar-refractivity contribution in [1.82, 2.24) is 4.90 Å². The summed E-state index contributed by atoms with van der Waals surface area (Å²) in [7, 11) is 1.80. The highest BCUT2D eigenvalue weighted by Crippen LogP contribution is 2.15. The summed E-state index contributed by atoms with van der Waals surface area (Å²) in [6, 6.07) is 7.26. The van der Waals surface area contributed by atoms with Gasteiger partial charge in [0.1, 0.15) is 11.8 Å². The van der Waals surface area contributed by atoms with Crippen molar-refractivity contribution in [3.8, 4) is 5.75 Å². The summed E-state index contributed by atoms with van der Waals surface area (Å²) < 4.78 is 5.55. The molecule has 100 valence electrons. The maximum atomic E-state index is 10.8. The second kappa shape index (κ2) is 6.40. The first kappa shape index (κ1) is 14.5.